The van der Waals surface area contributed by atoms with Gasteiger partial charge in [0.2, 0.25) is 5.82 Å². The molecule has 2 rings (SSSR count). The van der Waals surface area contributed by atoms with Crippen molar-refractivity contribution in [2.75, 3.05) is 0 Å². The molecule has 0 aliphatic rings. The molecule has 2 N–H and O–H groups in total. The van der Waals surface area contributed by atoms with Crippen molar-refractivity contribution in [3.8, 4) is 5.95 Å². The van der Waals surface area contributed by atoms with E-state index < -0.39 is 0 Å². The molecule has 2 heterocycles. The maximum Gasteiger partial charge on any atom is 0.271 e. The highest BCUT2D eigenvalue weighted by molar-refractivity contribution is 7.80. The van der Waals surface area contributed by atoms with E-state index in [1.54, 1.807) is 7.05 Å². The van der Waals surface area contributed by atoms with Crippen LogP contribution in [0.3, 0.4) is 0 Å². The molecule has 2 aromatic heterocycles. The standard InChI is InChI=1S/C5H6N8S/c1-12-5(8-10-11-12)13-2-7-4(9-13)3(6)14/h2H,1H3,(H2,6,14). The van der Waals surface area contributed by atoms with Gasteiger partial charge in [0.25, 0.3) is 5.95 Å². The number of aryl methyl sites for hydroxylation is 1. The fraction of sp³-hybridized carbons (Fsp3) is 0.200. The zero-order chi connectivity index (χ0) is 10.1. The predicted molar refractivity (Wildman–Crippen MR) is 49.6 cm³/mol. The first-order chi connectivity index (χ1) is 6.68. The molecule has 0 bridgehead atoms. The average Bonchev–Trinajstić information content (AvgIpc) is 2.71. The minimum absolute atomic E-state index is 0.138. The third kappa shape index (κ3) is 1.33. The van der Waals surface area contributed by atoms with Gasteiger partial charge in [-0.25, -0.2) is 9.67 Å². The van der Waals surface area contributed by atoms with Crippen LogP contribution in [-0.2, 0) is 7.05 Å². The Balaban J connectivity index is 2.43. The summed E-state index contributed by atoms with van der Waals surface area (Å²) in [6.07, 6.45) is 1.44. The third-order valence-corrected chi connectivity index (χ3v) is 1.70. The van der Waals surface area contributed by atoms with Crippen molar-refractivity contribution < 1.29 is 0 Å². The highest BCUT2D eigenvalue weighted by atomic mass is 32.1. The second-order valence-corrected chi connectivity index (χ2v) is 2.92. The molecule has 0 spiro atoms. The Morgan fingerprint density at radius 3 is 2.86 bits per heavy atom. The highest BCUT2D eigenvalue weighted by Crippen LogP contribution is 1.97. The molecule has 0 aliphatic carbocycles. The monoisotopic (exact) mass is 210 g/mol. The largest absolute Gasteiger partial charge is 0.387 e. The average molecular weight is 210 g/mol. The number of hydrogen-bond donors (Lipinski definition) is 1. The Labute approximate surface area is 83.7 Å². The zero-order valence-electron chi connectivity index (χ0n) is 7.19. The molecule has 0 fully saturated rings. The first-order valence-corrected chi connectivity index (χ1v) is 4.03. The molecule has 9 heteroatoms. The van der Waals surface area contributed by atoms with Crippen molar-refractivity contribution >= 4 is 17.2 Å². The Morgan fingerprint density at radius 1 is 1.57 bits per heavy atom. The molecule has 0 aliphatic heterocycles. The maximum atomic E-state index is 5.35. The first kappa shape index (κ1) is 8.69. The molecule has 14 heavy (non-hydrogen) atoms. The van der Waals surface area contributed by atoms with Gasteiger partial charge in [-0.2, -0.15) is 4.68 Å². The summed E-state index contributed by atoms with van der Waals surface area (Å²) in [5, 5.41) is 14.8. The minimum atomic E-state index is 0.138. The van der Waals surface area contributed by atoms with Gasteiger partial charge in [0.15, 0.2) is 0 Å². The van der Waals surface area contributed by atoms with Crippen LogP contribution in [0.25, 0.3) is 5.95 Å². The maximum absolute atomic E-state index is 5.35. The molecule has 0 radical (unpaired) electrons. The Hall–Kier alpha value is -1.90. The lowest BCUT2D eigenvalue weighted by Gasteiger charge is -1.94. The van der Waals surface area contributed by atoms with E-state index in [-0.39, 0.29) is 4.99 Å². The summed E-state index contributed by atoms with van der Waals surface area (Å²) in [7, 11) is 1.69. The Morgan fingerprint density at radius 2 is 2.36 bits per heavy atom. The summed E-state index contributed by atoms with van der Waals surface area (Å²) in [5.41, 5.74) is 5.35. The molecule has 2 aromatic rings. The lowest BCUT2D eigenvalue weighted by Crippen LogP contribution is -2.12. The number of rotatable bonds is 2. The van der Waals surface area contributed by atoms with Gasteiger partial charge in [-0.15, -0.1) is 5.10 Å². The first-order valence-electron chi connectivity index (χ1n) is 3.62. The molecule has 72 valence electrons. The number of nitrogens with zero attached hydrogens (tertiary/aromatic N) is 7. The van der Waals surface area contributed by atoms with Gasteiger partial charge in [-0.1, -0.05) is 17.3 Å². The molecular formula is C5H6N8S. The van der Waals surface area contributed by atoms with Crippen LogP contribution in [0.5, 0.6) is 0 Å². The zero-order valence-corrected chi connectivity index (χ0v) is 8.01. The summed E-state index contributed by atoms with van der Waals surface area (Å²) >= 11 is 4.72. The lowest BCUT2D eigenvalue weighted by molar-refractivity contribution is 0.671. The Bertz CT molecular complexity index is 470. The minimum Gasteiger partial charge on any atom is -0.387 e. The topological polar surface area (TPSA) is 100 Å². The summed E-state index contributed by atoms with van der Waals surface area (Å²) in [4.78, 5) is 4.03. The van der Waals surface area contributed by atoms with Crippen molar-refractivity contribution in [2.24, 2.45) is 12.8 Å². The van der Waals surface area contributed by atoms with Gasteiger partial charge in [0, 0.05) is 7.05 Å². The van der Waals surface area contributed by atoms with Crippen LogP contribution in [0.1, 0.15) is 5.82 Å². The molecule has 0 saturated carbocycles. The fourth-order valence-corrected chi connectivity index (χ4v) is 0.985. The molecule has 0 amide bonds. The number of hydrogen-bond acceptors (Lipinski definition) is 6. The van der Waals surface area contributed by atoms with Crippen molar-refractivity contribution in [1.29, 1.82) is 0 Å². The van der Waals surface area contributed by atoms with Crippen LogP contribution >= 0.6 is 12.2 Å². The number of thiocarbonyl (C=S) groups is 1. The molecule has 0 atom stereocenters. The van der Waals surface area contributed by atoms with Crippen LogP contribution in [0.4, 0.5) is 0 Å². The fourth-order valence-electron chi connectivity index (χ4n) is 0.891. The van der Waals surface area contributed by atoms with Crippen molar-refractivity contribution in [3.63, 3.8) is 0 Å². The summed E-state index contributed by atoms with van der Waals surface area (Å²) in [5.74, 6) is 0.739. The molecule has 0 unspecified atom stereocenters. The number of tetrazole rings is 1. The number of aromatic nitrogens is 7. The van der Waals surface area contributed by atoms with Crippen molar-refractivity contribution in [1.82, 2.24) is 35.0 Å². The van der Waals surface area contributed by atoms with Crippen LogP contribution in [0.15, 0.2) is 6.33 Å². The van der Waals surface area contributed by atoms with E-state index in [0.717, 1.165) is 0 Å². The predicted octanol–water partition coefficient (Wildman–Crippen LogP) is -1.58. The second-order valence-electron chi connectivity index (χ2n) is 2.48. The van der Waals surface area contributed by atoms with Crippen LogP contribution in [0, 0.1) is 0 Å². The third-order valence-electron chi connectivity index (χ3n) is 1.51. The van der Waals surface area contributed by atoms with Crippen LogP contribution in [0.2, 0.25) is 0 Å². The quantitative estimate of drug-likeness (QED) is 0.597. The van der Waals surface area contributed by atoms with Crippen molar-refractivity contribution in [2.45, 2.75) is 0 Å². The van der Waals surface area contributed by atoms with Gasteiger partial charge in [0.1, 0.15) is 11.3 Å². The van der Waals surface area contributed by atoms with Gasteiger partial charge in [-0.05, 0) is 10.4 Å². The van der Waals surface area contributed by atoms with E-state index >= 15 is 0 Å². The van der Waals surface area contributed by atoms with Gasteiger partial charge in [-0.3, -0.25) is 0 Å². The van der Waals surface area contributed by atoms with E-state index in [0.29, 0.717) is 11.8 Å². The summed E-state index contributed by atoms with van der Waals surface area (Å²) in [6.45, 7) is 0. The lowest BCUT2D eigenvalue weighted by atomic mass is 10.6. The van der Waals surface area contributed by atoms with Gasteiger partial charge < -0.3 is 5.73 Å². The number of nitrogens with two attached hydrogens (primary N) is 1. The summed E-state index contributed by atoms with van der Waals surface area (Å²) in [6, 6.07) is 0. The van der Waals surface area contributed by atoms with E-state index in [4.69, 9.17) is 18.0 Å². The van der Waals surface area contributed by atoms with E-state index in [1.807, 2.05) is 0 Å². The van der Waals surface area contributed by atoms with Crippen LogP contribution in [-0.4, -0.2) is 40.0 Å². The smallest absolute Gasteiger partial charge is 0.271 e. The van der Waals surface area contributed by atoms with Crippen molar-refractivity contribution in [3.05, 3.63) is 12.2 Å². The molecule has 0 aromatic carbocycles. The summed E-state index contributed by atoms with van der Waals surface area (Å²) < 4.78 is 2.85. The SMILES string of the molecule is Cn1nnnc1-n1cnc(C(N)=S)n1. The van der Waals surface area contributed by atoms with Gasteiger partial charge >= 0.3 is 0 Å². The molecule has 0 saturated heterocycles. The van der Waals surface area contributed by atoms with E-state index in [2.05, 4.69) is 25.6 Å². The van der Waals surface area contributed by atoms with Crippen LogP contribution < -0.4 is 5.73 Å². The normalized spacial score (nSPS) is 10.4. The highest BCUT2D eigenvalue weighted by Gasteiger charge is 2.09. The van der Waals surface area contributed by atoms with E-state index in [9.17, 15) is 0 Å². The van der Waals surface area contributed by atoms with Gasteiger partial charge in [0.05, 0.1) is 0 Å². The Kier molecular flexibility index (Phi) is 1.93. The molecular weight excluding hydrogens is 204 g/mol. The second kappa shape index (κ2) is 3.10. The molecule has 8 nitrogen and oxygen atoms in total. The van der Waals surface area contributed by atoms with E-state index in [1.165, 1.54) is 15.7 Å².